The third kappa shape index (κ3) is 5.57. The van der Waals surface area contributed by atoms with Crippen molar-refractivity contribution in [1.29, 1.82) is 0 Å². The molecule has 2 rings (SSSR count). The van der Waals surface area contributed by atoms with E-state index in [1.807, 2.05) is 6.07 Å². The van der Waals surface area contributed by atoms with E-state index in [-0.39, 0.29) is 0 Å². The second-order valence-electron chi connectivity index (χ2n) is 4.95. The summed E-state index contributed by atoms with van der Waals surface area (Å²) in [5, 5.41) is 17.9. The monoisotopic (exact) mass is 285 g/mol. The van der Waals surface area contributed by atoms with Gasteiger partial charge in [0.05, 0.1) is 6.61 Å². The van der Waals surface area contributed by atoms with E-state index in [0.29, 0.717) is 17.9 Å². The first kappa shape index (κ1) is 15.5. The fourth-order valence-corrected chi connectivity index (χ4v) is 2.06. The first-order chi connectivity index (χ1) is 10.3. The summed E-state index contributed by atoms with van der Waals surface area (Å²) in [5.74, 6) is 0.516. The lowest BCUT2D eigenvalue weighted by molar-refractivity contribution is 0.294. The molecule has 21 heavy (non-hydrogen) atoms. The van der Waals surface area contributed by atoms with E-state index in [2.05, 4.69) is 29.2 Å². The van der Waals surface area contributed by atoms with Crippen molar-refractivity contribution in [2.45, 2.75) is 25.7 Å². The van der Waals surface area contributed by atoms with Gasteiger partial charge in [-0.15, -0.1) is 0 Å². The molecule has 0 spiro atoms. The molecular weight excluding hydrogens is 265 g/mol. The van der Waals surface area contributed by atoms with Crippen LogP contribution in [0.1, 0.15) is 24.8 Å². The van der Waals surface area contributed by atoms with Crippen LogP contribution in [0, 0.1) is 0 Å². The van der Waals surface area contributed by atoms with Crippen LogP contribution in [0.5, 0.6) is 5.88 Å². The molecule has 5 heteroatoms. The number of nitrogens with zero attached hydrogens (tertiary/aromatic N) is 1. The number of pyridine rings is 1. The first-order valence-corrected chi connectivity index (χ1v) is 7.24. The average Bonchev–Trinajstić information content (AvgIpc) is 2.52. The fourth-order valence-electron chi connectivity index (χ4n) is 2.06. The highest BCUT2D eigenvalue weighted by atomic mass is 16.5. The molecule has 0 aliphatic carbocycles. The molecule has 0 fully saturated rings. The summed E-state index contributed by atoms with van der Waals surface area (Å²) < 4.78 is 5.52. The van der Waals surface area contributed by atoms with Crippen molar-refractivity contribution in [3.63, 3.8) is 0 Å². The van der Waals surface area contributed by atoms with Crippen LogP contribution in [0.25, 0.3) is 0 Å². The normalized spacial score (nSPS) is 10.4. The summed E-state index contributed by atoms with van der Waals surface area (Å²) in [6.07, 6.45) is 5.76. The van der Waals surface area contributed by atoms with Gasteiger partial charge in [0.25, 0.3) is 0 Å². The van der Waals surface area contributed by atoms with Gasteiger partial charge in [-0.1, -0.05) is 36.4 Å². The predicted molar refractivity (Wildman–Crippen MR) is 83.6 cm³/mol. The van der Waals surface area contributed by atoms with Gasteiger partial charge in [-0.3, -0.25) is 0 Å². The highest BCUT2D eigenvalue weighted by molar-refractivity contribution is 6.58. The molecule has 0 aliphatic rings. The number of hydrogen-bond acceptors (Lipinski definition) is 4. The molecule has 0 bridgehead atoms. The SMILES string of the molecule is OB(O)c1ccc(OCCCCCc2ccccc2)nc1. The molecule has 0 amide bonds. The molecule has 0 aliphatic heterocycles. The number of rotatable bonds is 8. The number of aryl methyl sites for hydroxylation is 1. The Bertz CT molecular complexity index is 517. The number of benzene rings is 1. The lowest BCUT2D eigenvalue weighted by Gasteiger charge is -2.06. The molecule has 1 aromatic heterocycles. The summed E-state index contributed by atoms with van der Waals surface area (Å²) in [6, 6.07) is 13.7. The van der Waals surface area contributed by atoms with Crippen LogP contribution in [0.2, 0.25) is 0 Å². The van der Waals surface area contributed by atoms with E-state index in [1.54, 1.807) is 12.1 Å². The van der Waals surface area contributed by atoms with Gasteiger partial charge >= 0.3 is 7.12 Å². The van der Waals surface area contributed by atoms with Gasteiger partial charge in [-0.2, -0.15) is 0 Å². The van der Waals surface area contributed by atoms with Crippen molar-refractivity contribution in [2.24, 2.45) is 0 Å². The van der Waals surface area contributed by atoms with Gasteiger partial charge in [-0.05, 0) is 37.3 Å². The Morgan fingerprint density at radius 2 is 1.76 bits per heavy atom. The molecule has 4 nitrogen and oxygen atoms in total. The smallest absolute Gasteiger partial charge is 0.478 e. The Labute approximate surface area is 125 Å². The topological polar surface area (TPSA) is 62.6 Å². The van der Waals surface area contributed by atoms with Gasteiger partial charge in [0.15, 0.2) is 0 Å². The quantitative estimate of drug-likeness (QED) is 0.570. The fraction of sp³-hybridized carbons (Fsp3) is 0.312. The minimum absolute atomic E-state index is 0.366. The highest BCUT2D eigenvalue weighted by Gasteiger charge is 2.10. The summed E-state index contributed by atoms with van der Waals surface area (Å²) in [5.41, 5.74) is 1.74. The van der Waals surface area contributed by atoms with E-state index in [0.717, 1.165) is 25.7 Å². The summed E-state index contributed by atoms with van der Waals surface area (Å²) in [4.78, 5) is 4.02. The predicted octanol–water partition coefficient (Wildman–Crippen LogP) is 1.55. The van der Waals surface area contributed by atoms with Crippen molar-refractivity contribution in [2.75, 3.05) is 6.61 Å². The number of unbranched alkanes of at least 4 members (excludes halogenated alkanes) is 2. The number of aromatic nitrogens is 1. The lowest BCUT2D eigenvalue weighted by Crippen LogP contribution is -2.29. The van der Waals surface area contributed by atoms with Crippen LogP contribution in [0.15, 0.2) is 48.7 Å². The van der Waals surface area contributed by atoms with Crippen molar-refractivity contribution in [1.82, 2.24) is 4.98 Å². The third-order valence-electron chi connectivity index (χ3n) is 3.26. The van der Waals surface area contributed by atoms with Gasteiger partial charge in [0.2, 0.25) is 5.88 Å². The molecule has 1 heterocycles. The Morgan fingerprint density at radius 1 is 0.952 bits per heavy atom. The Hall–Kier alpha value is -1.85. The van der Waals surface area contributed by atoms with Crippen molar-refractivity contribution < 1.29 is 14.8 Å². The maximum atomic E-state index is 8.96. The average molecular weight is 285 g/mol. The van der Waals surface area contributed by atoms with Crippen LogP contribution < -0.4 is 10.2 Å². The summed E-state index contributed by atoms with van der Waals surface area (Å²) in [7, 11) is -1.48. The second-order valence-corrected chi connectivity index (χ2v) is 4.95. The molecule has 0 saturated carbocycles. The number of ether oxygens (including phenoxy) is 1. The van der Waals surface area contributed by atoms with E-state index < -0.39 is 7.12 Å². The minimum atomic E-state index is -1.48. The van der Waals surface area contributed by atoms with E-state index in [1.165, 1.54) is 11.8 Å². The van der Waals surface area contributed by atoms with Crippen LogP contribution in [0.3, 0.4) is 0 Å². The van der Waals surface area contributed by atoms with Crippen molar-refractivity contribution >= 4 is 12.6 Å². The van der Waals surface area contributed by atoms with Crippen LogP contribution in [-0.2, 0) is 6.42 Å². The van der Waals surface area contributed by atoms with Gasteiger partial charge < -0.3 is 14.8 Å². The first-order valence-electron chi connectivity index (χ1n) is 7.24. The lowest BCUT2D eigenvalue weighted by atomic mass is 9.82. The summed E-state index contributed by atoms with van der Waals surface area (Å²) in [6.45, 7) is 0.628. The van der Waals surface area contributed by atoms with Crippen LogP contribution in [0.4, 0.5) is 0 Å². The van der Waals surface area contributed by atoms with E-state index in [4.69, 9.17) is 14.8 Å². The standard InChI is InChI=1S/C16H20BNO3/c19-17(20)15-10-11-16(18-13-15)21-12-6-2-5-9-14-7-3-1-4-8-14/h1,3-4,7-8,10-11,13,19-20H,2,5-6,9,12H2. The van der Waals surface area contributed by atoms with Gasteiger partial charge in [0.1, 0.15) is 0 Å². The molecule has 1 aromatic carbocycles. The van der Waals surface area contributed by atoms with Crippen LogP contribution in [-0.4, -0.2) is 28.8 Å². The zero-order valence-corrected chi connectivity index (χ0v) is 12.0. The highest BCUT2D eigenvalue weighted by Crippen LogP contribution is 2.08. The van der Waals surface area contributed by atoms with Gasteiger partial charge in [-0.25, -0.2) is 4.98 Å². The summed E-state index contributed by atoms with van der Waals surface area (Å²) >= 11 is 0. The molecule has 0 radical (unpaired) electrons. The van der Waals surface area contributed by atoms with Crippen LogP contribution >= 0.6 is 0 Å². The van der Waals surface area contributed by atoms with Crippen molar-refractivity contribution in [3.05, 3.63) is 54.2 Å². The zero-order chi connectivity index (χ0) is 14.9. The molecule has 0 saturated heterocycles. The Balaban J connectivity index is 1.59. The van der Waals surface area contributed by atoms with E-state index in [9.17, 15) is 0 Å². The third-order valence-corrected chi connectivity index (χ3v) is 3.26. The Morgan fingerprint density at radius 3 is 2.43 bits per heavy atom. The van der Waals surface area contributed by atoms with Crippen molar-refractivity contribution in [3.8, 4) is 5.88 Å². The Kier molecular flexibility index (Phi) is 6.25. The molecule has 2 N–H and O–H groups in total. The van der Waals surface area contributed by atoms with Gasteiger partial charge in [0, 0.05) is 11.7 Å². The second kappa shape index (κ2) is 8.44. The molecule has 0 unspecified atom stereocenters. The molecule has 0 atom stereocenters. The molecule has 2 aromatic rings. The number of hydrogen-bond donors (Lipinski definition) is 2. The maximum Gasteiger partial charge on any atom is 0.490 e. The largest absolute Gasteiger partial charge is 0.490 e. The zero-order valence-electron chi connectivity index (χ0n) is 12.0. The van der Waals surface area contributed by atoms with E-state index >= 15 is 0 Å². The maximum absolute atomic E-state index is 8.96. The molecule has 110 valence electrons. The minimum Gasteiger partial charge on any atom is -0.478 e. The molecular formula is C16H20BNO3.